The number of rotatable bonds is 4. The average molecular weight is 384 g/mol. The molecule has 0 radical (unpaired) electrons. The topological polar surface area (TPSA) is 9.23 Å². The molecule has 0 aliphatic carbocycles. The zero-order chi connectivity index (χ0) is 13.1. The molecule has 2 unspecified atom stereocenters. The molecule has 0 spiro atoms. The maximum Gasteiger partial charge on any atom is 0.137 e. The fourth-order valence-corrected chi connectivity index (χ4v) is 3.07. The van der Waals surface area contributed by atoms with Gasteiger partial charge < -0.3 is 4.74 Å². The van der Waals surface area contributed by atoms with Crippen molar-refractivity contribution in [3.63, 3.8) is 0 Å². The first kappa shape index (κ1) is 14.4. The summed E-state index contributed by atoms with van der Waals surface area (Å²) in [6.07, 6.45) is 4.04. The third kappa shape index (κ3) is 3.52. The third-order valence-electron chi connectivity index (χ3n) is 3.14. The first-order valence-electron chi connectivity index (χ1n) is 5.98. The Hall–Kier alpha value is -0.000000000000000111. The van der Waals surface area contributed by atoms with Crippen LogP contribution >= 0.6 is 31.9 Å². The van der Waals surface area contributed by atoms with E-state index in [0.29, 0.717) is 5.56 Å². The van der Waals surface area contributed by atoms with Crippen LogP contribution in [0.2, 0.25) is 0 Å². The molecule has 1 heterocycles. The molecule has 1 aromatic rings. The van der Waals surface area contributed by atoms with Crippen LogP contribution in [0.1, 0.15) is 36.1 Å². The van der Waals surface area contributed by atoms with Crippen LogP contribution in [0, 0.1) is 11.6 Å². The van der Waals surface area contributed by atoms with Gasteiger partial charge in [-0.05, 0) is 53.7 Å². The van der Waals surface area contributed by atoms with E-state index in [9.17, 15) is 8.78 Å². The van der Waals surface area contributed by atoms with E-state index in [1.165, 1.54) is 12.1 Å². The van der Waals surface area contributed by atoms with Crippen molar-refractivity contribution in [1.82, 2.24) is 0 Å². The lowest BCUT2D eigenvalue weighted by molar-refractivity contribution is 0.102. The normalized spacial score (nSPS) is 21.2. The number of hydrogen-bond acceptors (Lipinski definition) is 1. The van der Waals surface area contributed by atoms with Gasteiger partial charge in [0.1, 0.15) is 11.6 Å². The summed E-state index contributed by atoms with van der Waals surface area (Å²) in [6, 6.07) is 2.42. The van der Waals surface area contributed by atoms with E-state index >= 15 is 0 Å². The summed E-state index contributed by atoms with van der Waals surface area (Å²) in [5, 5.41) is 0. The maximum atomic E-state index is 13.7. The van der Waals surface area contributed by atoms with Gasteiger partial charge in [0.2, 0.25) is 0 Å². The van der Waals surface area contributed by atoms with Crippen molar-refractivity contribution in [2.75, 3.05) is 6.61 Å². The number of ether oxygens (including phenoxy) is 1. The first-order valence-corrected chi connectivity index (χ1v) is 7.69. The van der Waals surface area contributed by atoms with Crippen LogP contribution in [0.15, 0.2) is 16.6 Å². The number of halogens is 4. The molecule has 5 heteroatoms. The Bertz CT molecular complexity index is 420. The van der Waals surface area contributed by atoms with Gasteiger partial charge >= 0.3 is 0 Å². The van der Waals surface area contributed by atoms with Crippen LogP contribution < -0.4 is 0 Å². The van der Waals surface area contributed by atoms with Crippen LogP contribution in [0.3, 0.4) is 0 Å². The van der Waals surface area contributed by atoms with E-state index in [0.717, 1.165) is 32.3 Å². The van der Waals surface area contributed by atoms with E-state index in [2.05, 4.69) is 31.9 Å². The second-order valence-corrected chi connectivity index (χ2v) is 6.43. The fourth-order valence-electron chi connectivity index (χ4n) is 2.14. The highest BCUT2D eigenvalue weighted by molar-refractivity contribution is 9.10. The Balaban J connectivity index is 1.99. The van der Waals surface area contributed by atoms with Crippen molar-refractivity contribution in [2.45, 2.75) is 36.6 Å². The Morgan fingerprint density at radius 1 is 1.33 bits per heavy atom. The quantitative estimate of drug-likeness (QED) is 0.517. The summed E-state index contributed by atoms with van der Waals surface area (Å²) in [7, 11) is 0. The van der Waals surface area contributed by atoms with Gasteiger partial charge in [-0.1, -0.05) is 15.9 Å². The van der Waals surface area contributed by atoms with Crippen LogP contribution in [0.5, 0.6) is 0 Å². The molecule has 1 fully saturated rings. The Kier molecular flexibility index (Phi) is 5.15. The van der Waals surface area contributed by atoms with Crippen molar-refractivity contribution in [3.05, 3.63) is 33.8 Å². The lowest BCUT2D eigenvalue weighted by atomic mass is 10.0. The molecule has 1 saturated heterocycles. The molecule has 0 N–H and O–H groups in total. The zero-order valence-electron chi connectivity index (χ0n) is 9.77. The standard InChI is InChI=1S/C13H14Br2F2O/c14-10(4-3-8-2-1-5-18-8)9-6-13(17)11(15)7-12(9)16/h6-8,10H,1-5H2. The van der Waals surface area contributed by atoms with Crippen LogP contribution in [0.25, 0.3) is 0 Å². The van der Waals surface area contributed by atoms with E-state index in [1.54, 1.807) is 0 Å². The van der Waals surface area contributed by atoms with E-state index in [-0.39, 0.29) is 15.4 Å². The number of benzene rings is 1. The van der Waals surface area contributed by atoms with Crippen LogP contribution in [0.4, 0.5) is 8.78 Å². The van der Waals surface area contributed by atoms with Gasteiger partial charge in [-0.15, -0.1) is 0 Å². The molecule has 0 amide bonds. The average Bonchev–Trinajstić information content (AvgIpc) is 2.84. The molecule has 18 heavy (non-hydrogen) atoms. The predicted octanol–water partition coefficient (Wildman–Crippen LogP) is 5.12. The summed E-state index contributed by atoms with van der Waals surface area (Å²) < 4.78 is 32.8. The summed E-state index contributed by atoms with van der Waals surface area (Å²) in [4.78, 5) is -0.177. The molecule has 2 atom stereocenters. The van der Waals surface area contributed by atoms with Crippen molar-refractivity contribution < 1.29 is 13.5 Å². The molecule has 0 saturated carbocycles. The summed E-state index contributed by atoms with van der Waals surface area (Å²) in [5.74, 6) is -0.828. The third-order valence-corrected chi connectivity index (χ3v) is 4.70. The van der Waals surface area contributed by atoms with Crippen molar-refractivity contribution in [3.8, 4) is 0 Å². The zero-order valence-corrected chi connectivity index (χ0v) is 12.9. The smallest absolute Gasteiger partial charge is 0.137 e. The van der Waals surface area contributed by atoms with Gasteiger partial charge in [-0.2, -0.15) is 0 Å². The molecule has 1 nitrogen and oxygen atoms in total. The van der Waals surface area contributed by atoms with Gasteiger partial charge in [-0.25, -0.2) is 8.78 Å². The molecule has 1 aliphatic heterocycles. The van der Waals surface area contributed by atoms with Crippen molar-refractivity contribution in [2.24, 2.45) is 0 Å². The SMILES string of the molecule is Fc1cc(C(Br)CCC2CCCO2)c(F)cc1Br. The van der Waals surface area contributed by atoms with Gasteiger partial charge in [0.05, 0.1) is 10.6 Å². The van der Waals surface area contributed by atoms with Crippen molar-refractivity contribution in [1.29, 1.82) is 0 Å². The molecule has 1 aliphatic rings. The van der Waals surface area contributed by atoms with E-state index < -0.39 is 11.6 Å². The van der Waals surface area contributed by atoms with E-state index in [4.69, 9.17) is 4.74 Å². The largest absolute Gasteiger partial charge is 0.378 e. The second kappa shape index (κ2) is 6.44. The molecular weight excluding hydrogens is 370 g/mol. The minimum atomic E-state index is -0.437. The molecule has 1 aromatic carbocycles. The molecule has 0 bridgehead atoms. The summed E-state index contributed by atoms with van der Waals surface area (Å²) >= 11 is 6.40. The van der Waals surface area contributed by atoms with Gasteiger partial charge in [-0.3, -0.25) is 0 Å². The lowest BCUT2D eigenvalue weighted by Gasteiger charge is -2.14. The second-order valence-electron chi connectivity index (χ2n) is 4.47. The predicted molar refractivity (Wildman–Crippen MR) is 73.9 cm³/mol. The summed E-state index contributed by atoms with van der Waals surface area (Å²) in [6.45, 7) is 0.818. The van der Waals surface area contributed by atoms with Crippen LogP contribution in [-0.4, -0.2) is 12.7 Å². The highest BCUT2D eigenvalue weighted by Crippen LogP contribution is 2.34. The van der Waals surface area contributed by atoms with Crippen LogP contribution in [-0.2, 0) is 4.74 Å². The Labute approximate surface area is 122 Å². The maximum absolute atomic E-state index is 13.7. The monoisotopic (exact) mass is 382 g/mol. The molecule has 100 valence electrons. The minimum Gasteiger partial charge on any atom is -0.378 e. The molecule has 2 rings (SSSR count). The highest BCUT2D eigenvalue weighted by Gasteiger charge is 2.20. The Morgan fingerprint density at radius 3 is 2.78 bits per heavy atom. The Morgan fingerprint density at radius 2 is 2.11 bits per heavy atom. The van der Waals surface area contributed by atoms with Gasteiger partial charge in [0, 0.05) is 17.0 Å². The first-order chi connectivity index (χ1) is 8.58. The van der Waals surface area contributed by atoms with Crippen molar-refractivity contribution >= 4 is 31.9 Å². The fraction of sp³-hybridized carbons (Fsp3) is 0.538. The van der Waals surface area contributed by atoms with E-state index in [1.807, 2.05) is 0 Å². The highest BCUT2D eigenvalue weighted by atomic mass is 79.9. The van der Waals surface area contributed by atoms with Gasteiger partial charge in [0.15, 0.2) is 0 Å². The number of hydrogen-bond donors (Lipinski definition) is 0. The molecule has 0 aromatic heterocycles. The summed E-state index contributed by atoms with van der Waals surface area (Å²) in [5.41, 5.74) is 0.369. The minimum absolute atomic E-state index is 0.155. The number of alkyl halides is 1. The van der Waals surface area contributed by atoms with Gasteiger partial charge in [0.25, 0.3) is 0 Å². The molecular formula is C13H14Br2F2O. The lowest BCUT2D eigenvalue weighted by Crippen LogP contribution is -2.06.